The molecule has 132 valence electrons. The van der Waals surface area contributed by atoms with Crippen molar-refractivity contribution in [3.05, 3.63) is 53.0 Å². The average molecular weight is 359 g/mol. The summed E-state index contributed by atoms with van der Waals surface area (Å²) in [5.74, 6) is 1.44. The standard InChI is InChI=1S/C19H21NO4S/c1-13-3-5-15(6-4-13)25(22,23)20-8-7-17-16-9-14(11-21)24-18(16)10-19(17,2)12-20/h3-6,9,11,17H,7-8,10,12H2,1-2H3/t17-,19-/m0/s1. The number of aldehydes is 1. The zero-order valence-electron chi connectivity index (χ0n) is 14.4. The summed E-state index contributed by atoms with van der Waals surface area (Å²) in [5, 5.41) is 0. The third-order valence-corrected chi connectivity index (χ3v) is 7.48. The van der Waals surface area contributed by atoms with Gasteiger partial charge in [-0.05, 0) is 48.4 Å². The highest BCUT2D eigenvalue weighted by Gasteiger charge is 2.50. The van der Waals surface area contributed by atoms with E-state index in [0.29, 0.717) is 30.2 Å². The highest BCUT2D eigenvalue weighted by atomic mass is 32.2. The van der Waals surface area contributed by atoms with E-state index >= 15 is 0 Å². The second-order valence-electron chi connectivity index (χ2n) is 7.47. The van der Waals surface area contributed by atoms with Crippen LogP contribution in [0.5, 0.6) is 0 Å². The van der Waals surface area contributed by atoms with Gasteiger partial charge in [0.1, 0.15) is 5.76 Å². The lowest BCUT2D eigenvalue weighted by Gasteiger charge is -2.42. The van der Waals surface area contributed by atoms with E-state index in [-0.39, 0.29) is 11.3 Å². The molecule has 0 saturated carbocycles. The molecule has 0 bridgehead atoms. The molecule has 6 heteroatoms. The minimum Gasteiger partial charge on any atom is -0.458 e. The van der Waals surface area contributed by atoms with E-state index in [1.54, 1.807) is 16.4 Å². The maximum Gasteiger partial charge on any atom is 0.243 e. The summed E-state index contributed by atoms with van der Waals surface area (Å²) in [6, 6.07) is 8.82. The zero-order valence-corrected chi connectivity index (χ0v) is 15.2. The van der Waals surface area contributed by atoms with Crippen LogP contribution in [0.2, 0.25) is 0 Å². The van der Waals surface area contributed by atoms with E-state index in [1.807, 2.05) is 25.1 Å². The van der Waals surface area contributed by atoms with E-state index in [2.05, 4.69) is 6.92 Å². The molecular weight excluding hydrogens is 338 g/mol. The predicted octanol–water partition coefficient (Wildman–Crippen LogP) is 3.14. The minimum atomic E-state index is -3.49. The molecule has 0 amide bonds. The van der Waals surface area contributed by atoms with Gasteiger partial charge >= 0.3 is 0 Å². The van der Waals surface area contributed by atoms with E-state index in [9.17, 15) is 13.2 Å². The Kier molecular flexibility index (Phi) is 3.67. The summed E-state index contributed by atoms with van der Waals surface area (Å²) in [7, 11) is -3.49. The molecule has 1 aliphatic heterocycles. The Balaban J connectivity index is 1.62. The average Bonchev–Trinajstić information content (AvgIpc) is 3.08. The third-order valence-electron chi connectivity index (χ3n) is 5.62. The van der Waals surface area contributed by atoms with Crippen molar-refractivity contribution in [2.45, 2.75) is 37.5 Å². The number of sulfonamides is 1. The molecule has 0 radical (unpaired) electrons. The van der Waals surface area contributed by atoms with Crippen LogP contribution in [0.4, 0.5) is 0 Å². The number of piperidine rings is 1. The lowest BCUT2D eigenvalue weighted by atomic mass is 9.74. The van der Waals surface area contributed by atoms with Crippen LogP contribution in [0.25, 0.3) is 0 Å². The lowest BCUT2D eigenvalue weighted by molar-refractivity contribution is 0.109. The van der Waals surface area contributed by atoms with E-state index < -0.39 is 10.0 Å². The van der Waals surface area contributed by atoms with Crippen molar-refractivity contribution in [1.82, 2.24) is 4.31 Å². The fourth-order valence-electron chi connectivity index (χ4n) is 4.31. The molecule has 5 nitrogen and oxygen atoms in total. The number of benzene rings is 1. The highest BCUT2D eigenvalue weighted by molar-refractivity contribution is 7.89. The summed E-state index contributed by atoms with van der Waals surface area (Å²) >= 11 is 0. The van der Waals surface area contributed by atoms with Gasteiger partial charge in [0.15, 0.2) is 12.0 Å². The van der Waals surface area contributed by atoms with Gasteiger partial charge < -0.3 is 4.42 Å². The maximum atomic E-state index is 13.0. The summed E-state index contributed by atoms with van der Waals surface area (Å²) in [4.78, 5) is 11.3. The number of aryl methyl sites for hydroxylation is 1. The van der Waals surface area contributed by atoms with E-state index in [4.69, 9.17) is 4.42 Å². The number of nitrogens with zero attached hydrogens (tertiary/aromatic N) is 1. The maximum absolute atomic E-state index is 13.0. The first-order valence-corrected chi connectivity index (χ1v) is 9.92. The van der Waals surface area contributed by atoms with Gasteiger partial charge in [-0.15, -0.1) is 0 Å². The highest BCUT2D eigenvalue weighted by Crippen LogP contribution is 2.53. The minimum absolute atomic E-state index is 0.189. The molecule has 1 aromatic heterocycles. The molecular formula is C19H21NO4S. The molecule has 0 unspecified atom stereocenters. The number of hydrogen-bond donors (Lipinski definition) is 0. The molecule has 1 saturated heterocycles. The second-order valence-corrected chi connectivity index (χ2v) is 9.41. The largest absolute Gasteiger partial charge is 0.458 e. The third kappa shape index (κ3) is 2.55. The summed E-state index contributed by atoms with van der Waals surface area (Å²) in [6.45, 7) is 5.01. The summed E-state index contributed by atoms with van der Waals surface area (Å²) < 4.78 is 33.2. The van der Waals surface area contributed by atoms with Crippen molar-refractivity contribution < 1.29 is 17.6 Å². The topological polar surface area (TPSA) is 67.6 Å². The molecule has 0 N–H and O–H groups in total. The number of fused-ring (bicyclic) bond motifs is 3. The van der Waals surface area contributed by atoms with Crippen molar-refractivity contribution in [1.29, 1.82) is 0 Å². The Labute approximate surface area is 147 Å². The molecule has 2 atom stereocenters. The van der Waals surface area contributed by atoms with Gasteiger partial charge in [0, 0.05) is 19.5 Å². The first-order chi connectivity index (χ1) is 11.8. The number of hydrogen-bond acceptors (Lipinski definition) is 4. The Morgan fingerprint density at radius 2 is 2.00 bits per heavy atom. The molecule has 1 fully saturated rings. The Hall–Kier alpha value is -1.92. The van der Waals surface area contributed by atoms with Gasteiger partial charge in [-0.1, -0.05) is 24.6 Å². The van der Waals surface area contributed by atoms with Crippen LogP contribution >= 0.6 is 0 Å². The first-order valence-electron chi connectivity index (χ1n) is 8.48. The number of rotatable bonds is 3. The van der Waals surface area contributed by atoms with Crippen molar-refractivity contribution >= 4 is 16.3 Å². The van der Waals surface area contributed by atoms with Crippen molar-refractivity contribution in [3.63, 3.8) is 0 Å². The molecule has 2 aromatic rings. The van der Waals surface area contributed by atoms with E-state index in [1.165, 1.54) is 0 Å². The SMILES string of the molecule is Cc1ccc(S(=O)(=O)N2CC[C@H]3c4cc(C=O)oc4C[C@@]3(C)C2)cc1. The summed E-state index contributed by atoms with van der Waals surface area (Å²) in [6.07, 6.45) is 2.14. The van der Waals surface area contributed by atoms with Crippen LogP contribution < -0.4 is 0 Å². The van der Waals surface area contributed by atoms with Crippen LogP contribution in [0, 0.1) is 12.3 Å². The van der Waals surface area contributed by atoms with Gasteiger partial charge in [-0.25, -0.2) is 8.42 Å². The van der Waals surface area contributed by atoms with Crippen LogP contribution in [-0.2, 0) is 16.4 Å². The zero-order chi connectivity index (χ0) is 17.8. The molecule has 25 heavy (non-hydrogen) atoms. The normalized spacial score (nSPS) is 26.2. The van der Waals surface area contributed by atoms with Crippen molar-refractivity contribution in [3.8, 4) is 0 Å². The Bertz CT molecular complexity index is 929. The van der Waals surface area contributed by atoms with Crippen LogP contribution in [-0.4, -0.2) is 32.1 Å². The van der Waals surface area contributed by atoms with Crippen molar-refractivity contribution in [2.75, 3.05) is 13.1 Å². The quantitative estimate of drug-likeness (QED) is 0.790. The molecule has 1 aliphatic carbocycles. The van der Waals surface area contributed by atoms with Crippen LogP contribution in [0.3, 0.4) is 0 Å². The number of carbonyl (C=O) groups excluding carboxylic acids is 1. The Morgan fingerprint density at radius 1 is 1.28 bits per heavy atom. The van der Waals surface area contributed by atoms with Crippen LogP contribution in [0.15, 0.2) is 39.6 Å². The van der Waals surface area contributed by atoms with E-state index in [0.717, 1.165) is 29.6 Å². The molecule has 1 aromatic carbocycles. The van der Waals surface area contributed by atoms with Crippen molar-refractivity contribution in [2.24, 2.45) is 5.41 Å². The fourth-order valence-corrected chi connectivity index (χ4v) is 5.90. The molecule has 0 spiro atoms. The monoisotopic (exact) mass is 359 g/mol. The number of carbonyl (C=O) groups is 1. The van der Waals surface area contributed by atoms with Gasteiger partial charge in [-0.2, -0.15) is 4.31 Å². The predicted molar refractivity (Wildman–Crippen MR) is 93.2 cm³/mol. The molecule has 2 heterocycles. The fraction of sp³-hybridized carbons (Fsp3) is 0.421. The van der Waals surface area contributed by atoms with Gasteiger partial charge in [0.2, 0.25) is 10.0 Å². The lowest BCUT2D eigenvalue weighted by Crippen LogP contribution is -2.47. The summed E-state index contributed by atoms with van der Waals surface area (Å²) in [5.41, 5.74) is 1.93. The second kappa shape index (κ2) is 5.54. The number of furan rings is 1. The van der Waals surface area contributed by atoms with Gasteiger partial charge in [0.05, 0.1) is 4.90 Å². The molecule has 2 aliphatic rings. The smallest absolute Gasteiger partial charge is 0.243 e. The first kappa shape index (κ1) is 16.5. The Morgan fingerprint density at radius 3 is 2.68 bits per heavy atom. The van der Waals surface area contributed by atoms with Gasteiger partial charge in [0.25, 0.3) is 0 Å². The molecule has 4 rings (SSSR count). The van der Waals surface area contributed by atoms with Crippen LogP contribution in [0.1, 0.15) is 46.7 Å². The van der Waals surface area contributed by atoms with Gasteiger partial charge in [-0.3, -0.25) is 4.79 Å².